The number of hydrogen-bond donors (Lipinski definition) is 3. The number of nitrogens with one attached hydrogen (secondary N) is 3. The molecule has 0 saturated carbocycles. The number of carbonyl (C=O) groups excluding carboxylic acids is 2. The third-order valence-electron chi connectivity index (χ3n) is 4.54. The van der Waals surface area contributed by atoms with Gasteiger partial charge in [-0.05, 0) is 55.7 Å². The lowest BCUT2D eigenvalue weighted by atomic mass is 10.0. The highest BCUT2D eigenvalue weighted by Gasteiger charge is 2.13. The summed E-state index contributed by atoms with van der Waals surface area (Å²) in [7, 11) is 3.11. The lowest BCUT2D eigenvalue weighted by molar-refractivity contribution is -0.120. The first-order valence-corrected chi connectivity index (χ1v) is 8.86. The number of methoxy groups -OCH3 is 1. The SMILES string of the molecule is CNC(=O)c1ccc(OC)c(NCC(=O)NC(C)c2ccc(C)c(C)c2)c1. The predicted molar refractivity (Wildman–Crippen MR) is 107 cm³/mol. The highest BCUT2D eigenvalue weighted by Crippen LogP contribution is 2.25. The van der Waals surface area contributed by atoms with E-state index in [0.717, 1.165) is 5.56 Å². The van der Waals surface area contributed by atoms with Crippen LogP contribution in [-0.2, 0) is 4.79 Å². The van der Waals surface area contributed by atoms with Crippen molar-refractivity contribution < 1.29 is 14.3 Å². The van der Waals surface area contributed by atoms with Crippen LogP contribution in [0.2, 0.25) is 0 Å². The molecular weight excluding hydrogens is 342 g/mol. The van der Waals surface area contributed by atoms with Crippen LogP contribution in [0.25, 0.3) is 0 Å². The molecule has 3 N–H and O–H groups in total. The fourth-order valence-corrected chi connectivity index (χ4v) is 2.72. The molecule has 2 aromatic rings. The lowest BCUT2D eigenvalue weighted by Crippen LogP contribution is -2.32. The molecule has 0 fully saturated rings. The summed E-state index contributed by atoms with van der Waals surface area (Å²) >= 11 is 0. The van der Waals surface area contributed by atoms with Crippen molar-refractivity contribution in [2.24, 2.45) is 0 Å². The number of aryl methyl sites for hydroxylation is 2. The van der Waals surface area contributed by atoms with Gasteiger partial charge in [0.2, 0.25) is 5.91 Å². The van der Waals surface area contributed by atoms with Crippen LogP contribution in [0.4, 0.5) is 5.69 Å². The van der Waals surface area contributed by atoms with Crippen molar-refractivity contribution in [3.05, 3.63) is 58.7 Å². The number of carbonyl (C=O) groups is 2. The highest BCUT2D eigenvalue weighted by atomic mass is 16.5. The Morgan fingerprint density at radius 1 is 1.07 bits per heavy atom. The Hall–Kier alpha value is -3.02. The minimum Gasteiger partial charge on any atom is -0.495 e. The average Bonchev–Trinajstić information content (AvgIpc) is 2.67. The van der Waals surface area contributed by atoms with E-state index in [-0.39, 0.29) is 24.4 Å². The molecule has 0 bridgehead atoms. The van der Waals surface area contributed by atoms with Crippen LogP contribution in [0.1, 0.15) is 40.0 Å². The minimum absolute atomic E-state index is 0.0722. The predicted octanol–water partition coefficient (Wildman–Crippen LogP) is 2.96. The van der Waals surface area contributed by atoms with E-state index >= 15 is 0 Å². The second-order valence-electron chi connectivity index (χ2n) is 6.48. The second-order valence-corrected chi connectivity index (χ2v) is 6.48. The Morgan fingerprint density at radius 3 is 2.44 bits per heavy atom. The molecule has 27 heavy (non-hydrogen) atoms. The molecule has 6 heteroatoms. The van der Waals surface area contributed by atoms with Crippen molar-refractivity contribution in [1.82, 2.24) is 10.6 Å². The molecule has 2 aromatic carbocycles. The molecular formula is C21H27N3O3. The normalized spacial score (nSPS) is 11.4. The summed E-state index contributed by atoms with van der Waals surface area (Å²) in [5.74, 6) is 0.222. The first-order chi connectivity index (χ1) is 12.8. The van der Waals surface area contributed by atoms with Crippen molar-refractivity contribution >= 4 is 17.5 Å². The molecule has 1 atom stereocenters. The van der Waals surface area contributed by atoms with E-state index in [9.17, 15) is 9.59 Å². The molecule has 0 aromatic heterocycles. The van der Waals surface area contributed by atoms with E-state index in [4.69, 9.17) is 4.74 Å². The summed E-state index contributed by atoms with van der Waals surface area (Å²) in [5, 5.41) is 8.60. The van der Waals surface area contributed by atoms with Gasteiger partial charge in [0.1, 0.15) is 5.75 Å². The summed E-state index contributed by atoms with van der Waals surface area (Å²) < 4.78 is 5.29. The maximum absolute atomic E-state index is 12.3. The third-order valence-corrected chi connectivity index (χ3v) is 4.54. The number of anilines is 1. The number of benzene rings is 2. The van der Waals surface area contributed by atoms with E-state index in [1.54, 1.807) is 32.4 Å². The molecule has 0 aliphatic carbocycles. The smallest absolute Gasteiger partial charge is 0.251 e. The molecule has 144 valence electrons. The van der Waals surface area contributed by atoms with E-state index in [0.29, 0.717) is 17.0 Å². The van der Waals surface area contributed by atoms with Crippen molar-refractivity contribution in [2.45, 2.75) is 26.8 Å². The van der Waals surface area contributed by atoms with Crippen molar-refractivity contribution in [3.63, 3.8) is 0 Å². The van der Waals surface area contributed by atoms with Crippen LogP contribution in [0.5, 0.6) is 5.75 Å². The first-order valence-electron chi connectivity index (χ1n) is 8.86. The molecule has 0 saturated heterocycles. The van der Waals surface area contributed by atoms with Crippen LogP contribution in [0.15, 0.2) is 36.4 Å². The molecule has 0 aliphatic heterocycles. The zero-order chi connectivity index (χ0) is 20.0. The van der Waals surface area contributed by atoms with Gasteiger partial charge in [0.05, 0.1) is 25.4 Å². The van der Waals surface area contributed by atoms with Crippen LogP contribution in [-0.4, -0.2) is 32.5 Å². The molecule has 1 unspecified atom stereocenters. The van der Waals surface area contributed by atoms with E-state index in [1.165, 1.54) is 11.1 Å². The van der Waals surface area contributed by atoms with E-state index in [2.05, 4.69) is 41.9 Å². The minimum atomic E-state index is -0.200. The average molecular weight is 369 g/mol. The fourth-order valence-electron chi connectivity index (χ4n) is 2.72. The summed E-state index contributed by atoms with van der Waals surface area (Å²) in [5.41, 5.74) is 4.56. The monoisotopic (exact) mass is 369 g/mol. The highest BCUT2D eigenvalue weighted by molar-refractivity contribution is 5.95. The van der Waals surface area contributed by atoms with Gasteiger partial charge in [0.25, 0.3) is 5.91 Å². The first kappa shape index (κ1) is 20.3. The van der Waals surface area contributed by atoms with Gasteiger partial charge in [-0.3, -0.25) is 9.59 Å². The molecule has 2 amide bonds. The summed E-state index contributed by atoms with van der Waals surface area (Å²) in [6.45, 7) is 6.14. The maximum Gasteiger partial charge on any atom is 0.251 e. The Balaban J connectivity index is 2.02. The lowest BCUT2D eigenvalue weighted by Gasteiger charge is -2.17. The van der Waals surface area contributed by atoms with Gasteiger partial charge in [0, 0.05) is 12.6 Å². The van der Waals surface area contributed by atoms with Gasteiger partial charge in [-0.1, -0.05) is 18.2 Å². The van der Waals surface area contributed by atoms with Gasteiger partial charge >= 0.3 is 0 Å². The topological polar surface area (TPSA) is 79.5 Å². The standard InChI is InChI=1S/C21H27N3O3/c1-13-6-7-16(10-14(13)2)15(3)24-20(25)12-23-18-11-17(21(26)22-4)8-9-19(18)27-5/h6-11,15,23H,12H2,1-5H3,(H,22,26)(H,24,25). The number of ether oxygens (including phenoxy) is 1. The molecule has 6 nitrogen and oxygen atoms in total. The molecule has 2 rings (SSSR count). The largest absolute Gasteiger partial charge is 0.495 e. The summed E-state index contributed by atoms with van der Waals surface area (Å²) in [4.78, 5) is 24.1. The Labute approximate surface area is 160 Å². The van der Waals surface area contributed by atoms with Crippen molar-refractivity contribution in [2.75, 3.05) is 26.0 Å². The van der Waals surface area contributed by atoms with E-state index in [1.807, 2.05) is 13.0 Å². The van der Waals surface area contributed by atoms with Gasteiger partial charge in [-0.2, -0.15) is 0 Å². The maximum atomic E-state index is 12.3. The molecule has 0 radical (unpaired) electrons. The van der Waals surface area contributed by atoms with Crippen LogP contribution >= 0.6 is 0 Å². The number of rotatable bonds is 7. The van der Waals surface area contributed by atoms with Crippen LogP contribution in [0.3, 0.4) is 0 Å². The van der Waals surface area contributed by atoms with Crippen LogP contribution in [0, 0.1) is 13.8 Å². The van der Waals surface area contributed by atoms with Crippen molar-refractivity contribution in [1.29, 1.82) is 0 Å². The zero-order valence-electron chi connectivity index (χ0n) is 16.5. The molecule has 0 spiro atoms. The summed E-state index contributed by atoms with van der Waals surface area (Å²) in [6, 6.07) is 11.1. The van der Waals surface area contributed by atoms with E-state index < -0.39 is 0 Å². The Morgan fingerprint density at radius 2 is 1.81 bits per heavy atom. The zero-order valence-corrected chi connectivity index (χ0v) is 16.5. The van der Waals surface area contributed by atoms with Gasteiger partial charge in [-0.15, -0.1) is 0 Å². The van der Waals surface area contributed by atoms with Gasteiger partial charge < -0.3 is 20.7 Å². The Bertz CT molecular complexity index is 833. The summed E-state index contributed by atoms with van der Waals surface area (Å²) in [6.07, 6.45) is 0. The molecule has 0 aliphatic rings. The second kappa shape index (κ2) is 9.07. The quantitative estimate of drug-likeness (QED) is 0.701. The van der Waals surface area contributed by atoms with Gasteiger partial charge in [0.15, 0.2) is 0 Å². The number of hydrogen-bond acceptors (Lipinski definition) is 4. The molecule has 0 heterocycles. The fraction of sp³-hybridized carbons (Fsp3) is 0.333. The number of amides is 2. The Kier molecular flexibility index (Phi) is 6.82. The van der Waals surface area contributed by atoms with Gasteiger partial charge in [-0.25, -0.2) is 0 Å². The third kappa shape index (κ3) is 5.23. The van der Waals surface area contributed by atoms with Crippen LogP contribution < -0.4 is 20.7 Å². The van der Waals surface area contributed by atoms with Crippen molar-refractivity contribution in [3.8, 4) is 5.75 Å².